The summed E-state index contributed by atoms with van der Waals surface area (Å²) in [6.45, 7) is 4.75. The highest BCUT2D eigenvalue weighted by atomic mass is 16.6. The van der Waals surface area contributed by atoms with Crippen LogP contribution in [0.3, 0.4) is 0 Å². The lowest BCUT2D eigenvalue weighted by atomic mass is 9.72. The molecule has 3 aromatic heterocycles. The number of nitrogens with one attached hydrogen (secondary N) is 3. The summed E-state index contributed by atoms with van der Waals surface area (Å²) < 4.78 is 29.9. The molecule has 0 spiro atoms. The maximum absolute atomic E-state index is 13.5. The van der Waals surface area contributed by atoms with E-state index in [1.54, 1.807) is 41.3 Å². The van der Waals surface area contributed by atoms with Crippen LogP contribution in [0, 0.1) is 23.2 Å². The number of hydrogen-bond acceptors (Lipinski definition) is 16. The van der Waals surface area contributed by atoms with E-state index in [1.807, 2.05) is 6.07 Å². The Labute approximate surface area is 369 Å². The number of nitriles is 1. The van der Waals surface area contributed by atoms with Crippen LogP contribution in [-0.4, -0.2) is 139 Å². The van der Waals surface area contributed by atoms with Crippen molar-refractivity contribution in [2.45, 2.75) is 57.0 Å². The molecule has 2 aliphatic carbocycles. The van der Waals surface area contributed by atoms with E-state index in [0.29, 0.717) is 125 Å². The van der Waals surface area contributed by atoms with Crippen LogP contribution in [0.25, 0.3) is 16.9 Å². The summed E-state index contributed by atoms with van der Waals surface area (Å²) in [6.07, 6.45) is 9.43. The predicted octanol–water partition coefficient (Wildman–Crippen LogP) is 3.46. The molecule has 19 nitrogen and oxygen atoms in total. The van der Waals surface area contributed by atoms with E-state index in [9.17, 15) is 29.2 Å². The summed E-state index contributed by atoms with van der Waals surface area (Å²) >= 11 is 0. The third-order valence-corrected chi connectivity index (χ3v) is 11.6. The minimum Gasteiger partial charge on any atom is -0.382 e. The van der Waals surface area contributed by atoms with Gasteiger partial charge in [0.1, 0.15) is 12.1 Å². The number of piperidine rings is 1. The normalized spacial score (nSPS) is 19.4. The molecule has 2 saturated carbocycles. The number of pyridine rings is 2. The number of imide groups is 2. The van der Waals surface area contributed by atoms with Gasteiger partial charge < -0.3 is 34.3 Å². The quantitative estimate of drug-likeness (QED) is 0.0491. The van der Waals surface area contributed by atoms with Crippen LogP contribution in [0.2, 0.25) is 0 Å². The van der Waals surface area contributed by atoms with E-state index in [0.717, 1.165) is 41.7 Å². The number of carbonyl (C=O) groups excluding carboxylic acids is 5. The summed E-state index contributed by atoms with van der Waals surface area (Å²) in [4.78, 5) is 73.5. The number of amides is 4. The van der Waals surface area contributed by atoms with Crippen LogP contribution in [-0.2, 0) is 33.3 Å². The van der Waals surface area contributed by atoms with Crippen LogP contribution in [0.4, 0.5) is 11.4 Å². The van der Waals surface area contributed by atoms with Crippen LogP contribution < -0.4 is 16.0 Å². The number of ether oxygens (including phenoxy) is 5. The van der Waals surface area contributed by atoms with Gasteiger partial charge in [-0.1, -0.05) is 6.07 Å². The highest BCUT2D eigenvalue weighted by molar-refractivity contribution is 6.25. The minimum absolute atomic E-state index is 0.0601. The summed E-state index contributed by atoms with van der Waals surface area (Å²) in [6, 6.07) is 9.94. The molecular formula is C45H51N9O10. The molecule has 5 heterocycles. The molecule has 19 heteroatoms. The van der Waals surface area contributed by atoms with Gasteiger partial charge in [0.15, 0.2) is 17.2 Å². The first kappa shape index (κ1) is 44.4. The van der Waals surface area contributed by atoms with Crippen molar-refractivity contribution < 1.29 is 47.7 Å². The highest BCUT2D eigenvalue weighted by Crippen LogP contribution is 2.38. The topological polar surface area (TPSA) is 238 Å². The maximum Gasteiger partial charge on any atom is 0.264 e. The second-order valence-corrected chi connectivity index (χ2v) is 16.3. The lowest BCUT2D eigenvalue weighted by molar-refractivity contribution is -0.136. The zero-order valence-corrected chi connectivity index (χ0v) is 35.4. The van der Waals surface area contributed by atoms with Crippen molar-refractivity contribution in [2.75, 3.05) is 83.2 Å². The SMILES string of the molecule is N#Cc1cnc2c(cnn2-c2cc(NC3CC3)c(C(=O)CC3CC(COCCOCCOCCOCCOCCNc4cccc5c4C(=O)N(C4CCC(=O)NC4=O)C5=O)C3)cn2)c1. The second-order valence-electron chi connectivity index (χ2n) is 16.3. The van der Waals surface area contributed by atoms with Crippen molar-refractivity contribution in [1.82, 2.24) is 30.0 Å². The number of fused-ring (bicyclic) bond motifs is 2. The standard InChI is InChI=1S/C45H51N9O10/c46-23-30-20-31-25-50-54(42(31)49-24-30)39-22-36(51-32-4-5-32)34(26-48-39)38(55)21-28-18-29(19-28)27-64-17-16-63-15-14-62-13-12-61-11-10-60-9-8-47-35-3-1-2-33-41(35)45(59)53(44(33)58)37-6-7-40(56)52-43(37)57/h1-3,20,22,24-26,28-29,32,37,47H,4-19,21,27H2,(H,48,51)(H,52,56,57). The molecule has 4 aromatic rings. The molecule has 1 unspecified atom stereocenters. The van der Waals surface area contributed by atoms with Gasteiger partial charge in [0.05, 0.1) is 93.6 Å². The average Bonchev–Trinajstić information content (AvgIpc) is 3.94. The molecule has 1 atom stereocenters. The van der Waals surface area contributed by atoms with E-state index < -0.39 is 29.7 Å². The fourth-order valence-corrected chi connectivity index (χ4v) is 8.10. The number of hydrogen-bond donors (Lipinski definition) is 3. The van der Waals surface area contributed by atoms with E-state index in [1.165, 1.54) is 6.20 Å². The summed E-state index contributed by atoms with van der Waals surface area (Å²) in [7, 11) is 0. The zero-order chi connectivity index (χ0) is 44.4. The maximum atomic E-state index is 13.5. The number of ketones is 1. The molecule has 8 rings (SSSR count). The van der Waals surface area contributed by atoms with Crippen molar-refractivity contribution in [3.63, 3.8) is 0 Å². The van der Waals surface area contributed by atoms with Crippen LogP contribution in [0.1, 0.15) is 81.6 Å². The van der Waals surface area contributed by atoms with Gasteiger partial charge >= 0.3 is 0 Å². The molecule has 336 valence electrons. The lowest BCUT2D eigenvalue weighted by Crippen LogP contribution is -2.54. The van der Waals surface area contributed by atoms with E-state index in [2.05, 4.69) is 37.1 Å². The van der Waals surface area contributed by atoms with Crippen LogP contribution in [0.15, 0.2) is 48.9 Å². The van der Waals surface area contributed by atoms with Crippen molar-refractivity contribution >= 4 is 51.8 Å². The van der Waals surface area contributed by atoms with Crippen LogP contribution >= 0.6 is 0 Å². The first-order valence-electron chi connectivity index (χ1n) is 21.8. The fourth-order valence-electron chi connectivity index (χ4n) is 8.10. The Morgan fingerprint density at radius 1 is 0.812 bits per heavy atom. The third kappa shape index (κ3) is 10.8. The van der Waals surface area contributed by atoms with E-state index in [-0.39, 0.29) is 29.8 Å². The van der Waals surface area contributed by atoms with Crippen molar-refractivity contribution in [3.8, 4) is 11.9 Å². The number of anilines is 2. The molecule has 1 aromatic carbocycles. The minimum atomic E-state index is -1.02. The Balaban J connectivity index is 0.623. The third-order valence-electron chi connectivity index (χ3n) is 11.6. The molecule has 2 aliphatic heterocycles. The molecule has 4 aliphatic rings. The number of Topliss-reactive ketones (excluding diaryl/α,β-unsaturated/α-hetero) is 1. The Hall–Kier alpha value is -6.17. The molecule has 0 bridgehead atoms. The first-order valence-corrected chi connectivity index (χ1v) is 21.8. The monoisotopic (exact) mass is 877 g/mol. The molecule has 64 heavy (non-hydrogen) atoms. The molecular weight excluding hydrogens is 827 g/mol. The number of nitrogens with zero attached hydrogens (tertiary/aromatic N) is 6. The van der Waals surface area contributed by atoms with Gasteiger partial charge in [-0.3, -0.25) is 34.2 Å². The fraction of sp³-hybridized carbons (Fsp3) is 0.489. The highest BCUT2D eigenvalue weighted by Gasteiger charge is 2.45. The van der Waals surface area contributed by atoms with Crippen molar-refractivity contribution in [2.24, 2.45) is 11.8 Å². The van der Waals surface area contributed by atoms with Gasteiger partial charge in [0, 0.05) is 61.6 Å². The van der Waals surface area contributed by atoms with Crippen molar-refractivity contribution in [1.29, 1.82) is 5.26 Å². The summed E-state index contributed by atoms with van der Waals surface area (Å²) in [5.41, 5.74) is 3.30. The molecule has 3 fully saturated rings. The number of aromatic nitrogens is 4. The number of carbonyl (C=O) groups is 5. The van der Waals surface area contributed by atoms with E-state index in [4.69, 9.17) is 23.7 Å². The van der Waals surface area contributed by atoms with Crippen LogP contribution in [0.5, 0.6) is 0 Å². The van der Waals surface area contributed by atoms with E-state index >= 15 is 0 Å². The Kier molecular flexibility index (Phi) is 14.6. The first-order chi connectivity index (χ1) is 31.3. The number of rotatable bonds is 25. The molecule has 4 amide bonds. The summed E-state index contributed by atoms with van der Waals surface area (Å²) in [5.74, 6) is -0.825. The van der Waals surface area contributed by atoms with Gasteiger partial charge in [0.25, 0.3) is 11.8 Å². The average molecular weight is 878 g/mol. The van der Waals surface area contributed by atoms with Gasteiger partial charge in [-0.05, 0) is 62.1 Å². The van der Waals surface area contributed by atoms with Gasteiger partial charge in [0.2, 0.25) is 11.8 Å². The van der Waals surface area contributed by atoms with Gasteiger partial charge in [-0.2, -0.15) is 15.0 Å². The Morgan fingerprint density at radius 3 is 2.23 bits per heavy atom. The molecule has 1 saturated heterocycles. The Bertz CT molecular complexity index is 2410. The number of benzene rings is 1. The lowest BCUT2D eigenvalue weighted by Gasteiger charge is -2.34. The Morgan fingerprint density at radius 2 is 1.53 bits per heavy atom. The molecule has 3 N–H and O–H groups in total. The molecule has 0 radical (unpaired) electrons. The largest absolute Gasteiger partial charge is 0.382 e. The van der Waals surface area contributed by atoms with Gasteiger partial charge in [-0.15, -0.1) is 0 Å². The summed E-state index contributed by atoms with van der Waals surface area (Å²) in [5, 5.41) is 23.2. The van der Waals surface area contributed by atoms with Crippen molar-refractivity contribution in [3.05, 3.63) is 71.2 Å². The predicted molar refractivity (Wildman–Crippen MR) is 229 cm³/mol. The zero-order valence-electron chi connectivity index (χ0n) is 35.4. The second kappa shape index (κ2) is 21.0. The van der Waals surface area contributed by atoms with Gasteiger partial charge in [-0.25, -0.2) is 9.97 Å². The smallest absolute Gasteiger partial charge is 0.264 e.